The number of carbonyl (C=O) groups is 1. The molecule has 1 heterocycles. The van der Waals surface area contributed by atoms with Crippen molar-refractivity contribution >= 4 is 28.2 Å². The fourth-order valence-corrected chi connectivity index (χ4v) is 2.72. The van der Waals surface area contributed by atoms with E-state index in [0.717, 1.165) is 33.3 Å². The number of aryl methyl sites for hydroxylation is 3. The maximum atomic E-state index is 11.9. The summed E-state index contributed by atoms with van der Waals surface area (Å²) in [6.07, 6.45) is 0. The number of hydrogen-bond acceptors (Lipinski definition) is 4. The maximum Gasteiger partial charge on any atom is 0.283 e. The first-order valence-corrected chi connectivity index (χ1v) is 8.01. The van der Waals surface area contributed by atoms with Gasteiger partial charge in [0.05, 0.1) is 12.1 Å². The average molecular weight is 336 g/mol. The first-order chi connectivity index (χ1) is 11.9. The number of anilines is 1. The Balaban J connectivity index is 1.75. The second-order valence-corrected chi connectivity index (χ2v) is 6.14. The SMILES string of the molecule is Cc1ccc(NCC(=O)N=Nc2c(O)[nH]c3c(C)cc(C)cc23)cc1. The lowest BCUT2D eigenvalue weighted by atomic mass is 10.1. The van der Waals surface area contributed by atoms with Gasteiger partial charge in [0.1, 0.15) is 0 Å². The second-order valence-electron chi connectivity index (χ2n) is 6.14. The zero-order valence-electron chi connectivity index (χ0n) is 14.4. The van der Waals surface area contributed by atoms with Crippen LogP contribution in [0.3, 0.4) is 0 Å². The molecule has 0 atom stereocenters. The fraction of sp³-hybridized carbons (Fsp3) is 0.211. The number of aromatic amines is 1. The topological polar surface area (TPSA) is 89.8 Å². The first kappa shape index (κ1) is 16.7. The number of aromatic nitrogens is 1. The highest BCUT2D eigenvalue weighted by Gasteiger charge is 2.13. The van der Waals surface area contributed by atoms with Crippen molar-refractivity contribution < 1.29 is 9.90 Å². The van der Waals surface area contributed by atoms with E-state index in [4.69, 9.17) is 0 Å². The predicted molar refractivity (Wildman–Crippen MR) is 98.6 cm³/mol. The van der Waals surface area contributed by atoms with Gasteiger partial charge in [-0.15, -0.1) is 10.2 Å². The molecule has 3 N–H and O–H groups in total. The monoisotopic (exact) mass is 336 g/mol. The Labute approximate surface area is 145 Å². The minimum Gasteiger partial charge on any atom is -0.493 e. The molecule has 0 aliphatic rings. The summed E-state index contributed by atoms with van der Waals surface area (Å²) in [7, 11) is 0. The number of azo groups is 1. The van der Waals surface area contributed by atoms with Gasteiger partial charge in [-0.1, -0.05) is 29.3 Å². The summed E-state index contributed by atoms with van der Waals surface area (Å²) in [5.41, 5.74) is 5.12. The lowest BCUT2D eigenvalue weighted by molar-refractivity contribution is -0.116. The van der Waals surface area contributed by atoms with Gasteiger partial charge in [-0.25, -0.2) is 0 Å². The minimum atomic E-state index is -0.418. The summed E-state index contributed by atoms with van der Waals surface area (Å²) >= 11 is 0. The molecule has 0 spiro atoms. The van der Waals surface area contributed by atoms with Crippen LogP contribution < -0.4 is 5.32 Å². The number of benzene rings is 2. The van der Waals surface area contributed by atoms with E-state index >= 15 is 0 Å². The fourth-order valence-electron chi connectivity index (χ4n) is 2.72. The number of carbonyl (C=O) groups excluding carboxylic acids is 1. The molecule has 0 radical (unpaired) electrons. The molecular formula is C19H20N4O2. The van der Waals surface area contributed by atoms with E-state index in [0.29, 0.717) is 0 Å². The van der Waals surface area contributed by atoms with Crippen LogP contribution >= 0.6 is 0 Å². The largest absolute Gasteiger partial charge is 0.493 e. The Morgan fingerprint density at radius 3 is 2.56 bits per heavy atom. The molecule has 3 aromatic rings. The first-order valence-electron chi connectivity index (χ1n) is 8.01. The molecule has 6 nitrogen and oxygen atoms in total. The molecule has 6 heteroatoms. The molecule has 0 saturated carbocycles. The van der Waals surface area contributed by atoms with Gasteiger partial charge < -0.3 is 15.4 Å². The standard InChI is InChI=1S/C19H20N4O2/c1-11-4-6-14(7-5-11)20-10-16(24)22-23-18-15-9-12(2)8-13(3)17(15)21-19(18)25/h4-9,20-21,25H,10H2,1-3H3. The highest BCUT2D eigenvalue weighted by molar-refractivity contribution is 5.96. The molecule has 0 fully saturated rings. The number of hydrogen-bond donors (Lipinski definition) is 3. The zero-order chi connectivity index (χ0) is 18.0. The quantitative estimate of drug-likeness (QED) is 0.612. The molecule has 1 aromatic heterocycles. The minimum absolute atomic E-state index is 0.0355. The third kappa shape index (κ3) is 3.68. The molecule has 0 saturated heterocycles. The number of aromatic hydroxyl groups is 1. The second kappa shape index (κ2) is 6.76. The van der Waals surface area contributed by atoms with E-state index in [-0.39, 0.29) is 18.1 Å². The zero-order valence-corrected chi connectivity index (χ0v) is 14.4. The molecule has 3 rings (SSSR count). The highest BCUT2D eigenvalue weighted by Crippen LogP contribution is 2.37. The Morgan fingerprint density at radius 1 is 1.12 bits per heavy atom. The Kier molecular flexibility index (Phi) is 4.52. The van der Waals surface area contributed by atoms with E-state index in [2.05, 4.69) is 20.5 Å². The number of nitrogens with zero attached hydrogens (tertiary/aromatic N) is 2. The molecule has 25 heavy (non-hydrogen) atoms. The molecule has 2 aromatic carbocycles. The molecule has 0 bridgehead atoms. The Hall–Kier alpha value is -3.15. The molecule has 0 aliphatic carbocycles. The normalized spacial score (nSPS) is 11.3. The summed E-state index contributed by atoms with van der Waals surface area (Å²) in [5.74, 6) is -0.509. The lowest BCUT2D eigenvalue weighted by Gasteiger charge is -2.03. The summed E-state index contributed by atoms with van der Waals surface area (Å²) in [6, 6.07) is 11.6. The summed E-state index contributed by atoms with van der Waals surface area (Å²) < 4.78 is 0. The molecule has 0 aliphatic heterocycles. The van der Waals surface area contributed by atoms with Crippen molar-refractivity contribution in [3.63, 3.8) is 0 Å². The van der Waals surface area contributed by atoms with Crippen molar-refractivity contribution in [2.24, 2.45) is 10.2 Å². The lowest BCUT2D eigenvalue weighted by Crippen LogP contribution is -2.10. The van der Waals surface area contributed by atoms with E-state index in [1.807, 2.05) is 57.2 Å². The highest BCUT2D eigenvalue weighted by atomic mass is 16.3. The third-order valence-corrected chi connectivity index (χ3v) is 3.96. The van der Waals surface area contributed by atoms with Crippen LogP contribution in [0.5, 0.6) is 5.88 Å². The predicted octanol–water partition coefficient (Wildman–Crippen LogP) is 4.52. The molecular weight excluding hydrogens is 316 g/mol. The number of rotatable bonds is 4. The van der Waals surface area contributed by atoms with Gasteiger partial charge in [0.2, 0.25) is 5.88 Å². The van der Waals surface area contributed by atoms with E-state index in [1.54, 1.807) is 0 Å². The van der Waals surface area contributed by atoms with E-state index in [9.17, 15) is 9.90 Å². The molecule has 1 amide bonds. The van der Waals surface area contributed by atoms with Crippen LogP contribution in [-0.4, -0.2) is 22.5 Å². The smallest absolute Gasteiger partial charge is 0.283 e. The van der Waals surface area contributed by atoms with Crippen molar-refractivity contribution in [2.75, 3.05) is 11.9 Å². The van der Waals surface area contributed by atoms with Crippen LogP contribution in [0, 0.1) is 20.8 Å². The van der Waals surface area contributed by atoms with Gasteiger partial charge in [0, 0.05) is 11.1 Å². The number of nitrogens with one attached hydrogen (secondary N) is 2. The van der Waals surface area contributed by atoms with Gasteiger partial charge in [-0.2, -0.15) is 0 Å². The van der Waals surface area contributed by atoms with Crippen molar-refractivity contribution in [2.45, 2.75) is 20.8 Å². The van der Waals surface area contributed by atoms with Crippen molar-refractivity contribution in [1.82, 2.24) is 4.98 Å². The van der Waals surface area contributed by atoms with Gasteiger partial charge in [0.25, 0.3) is 5.91 Å². The molecule has 128 valence electrons. The van der Waals surface area contributed by atoms with Crippen LogP contribution in [-0.2, 0) is 4.79 Å². The van der Waals surface area contributed by atoms with Crippen LogP contribution in [0.15, 0.2) is 46.6 Å². The summed E-state index contributed by atoms with van der Waals surface area (Å²) in [6.45, 7) is 5.95. The van der Waals surface area contributed by atoms with Gasteiger partial charge in [-0.05, 0) is 44.5 Å². The summed E-state index contributed by atoms with van der Waals surface area (Å²) in [5, 5.41) is 21.5. The van der Waals surface area contributed by atoms with Gasteiger partial charge in [0.15, 0.2) is 5.69 Å². The van der Waals surface area contributed by atoms with Crippen LogP contribution in [0.1, 0.15) is 16.7 Å². The van der Waals surface area contributed by atoms with Crippen molar-refractivity contribution in [3.8, 4) is 5.88 Å². The van der Waals surface area contributed by atoms with E-state index < -0.39 is 5.91 Å². The van der Waals surface area contributed by atoms with Crippen molar-refractivity contribution in [1.29, 1.82) is 0 Å². The van der Waals surface area contributed by atoms with Gasteiger partial charge in [-0.3, -0.25) is 4.79 Å². The maximum absolute atomic E-state index is 11.9. The van der Waals surface area contributed by atoms with Crippen LogP contribution in [0.25, 0.3) is 10.9 Å². The number of amides is 1. The Bertz CT molecular complexity index is 956. The van der Waals surface area contributed by atoms with Crippen molar-refractivity contribution in [3.05, 3.63) is 53.1 Å². The summed E-state index contributed by atoms with van der Waals surface area (Å²) in [4.78, 5) is 14.8. The van der Waals surface area contributed by atoms with E-state index in [1.165, 1.54) is 0 Å². The average Bonchev–Trinajstić information content (AvgIpc) is 2.88. The Morgan fingerprint density at radius 2 is 1.84 bits per heavy atom. The van der Waals surface area contributed by atoms with Crippen LogP contribution in [0.4, 0.5) is 11.4 Å². The third-order valence-electron chi connectivity index (χ3n) is 3.96. The molecule has 0 unspecified atom stereocenters. The van der Waals surface area contributed by atoms with Gasteiger partial charge >= 0.3 is 0 Å². The number of H-pyrrole nitrogens is 1. The number of fused-ring (bicyclic) bond motifs is 1. The van der Waals surface area contributed by atoms with Crippen LogP contribution in [0.2, 0.25) is 0 Å².